The molecule has 7 heteroatoms. The fourth-order valence-corrected chi connectivity index (χ4v) is 3.70. The van der Waals surface area contributed by atoms with Gasteiger partial charge in [-0.15, -0.1) is 10.2 Å². The third kappa shape index (κ3) is 3.88. The summed E-state index contributed by atoms with van der Waals surface area (Å²) in [7, 11) is 4.03. The second kappa shape index (κ2) is 8.47. The smallest absolute Gasteiger partial charge is 0.265 e. The number of nitrogens with one attached hydrogen (secondary N) is 1. The highest BCUT2D eigenvalue weighted by atomic mass is 15.4. The number of hydrogen-bond donors (Lipinski definition) is 1. The number of rotatable bonds is 6. The molecule has 158 valence electrons. The Kier molecular flexibility index (Phi) is 5.21. The molecule has 0 aliphatic carbocycles. The van der Waals surface area contributed by atoms with E-state index in [9.17, 15) is 0 Å². The number of anilines is 2. The van der Waals surface area contributed by atoms with Gasteiger partial charge in [-0.05, 0) is 29.3 Å². The molecule has 32 heavy (non-hydrogen) atoms. The molecule has 1 N–H and O–H groups in total. The third-order valence-corrected chi connectivity index (χ3v) is 5.35. The summed E-state index contributed by atoms with van der Waals surface area (Å²) in [6, 6.07) is 26.6. The largest absolute Gasteiger partial charge is 0.378 e. The van der Waals surface area contributed by atoms with E-state index in [4.69, 9.17) is 4.98 Å². The van der Waals surface area contributed by atoms with E-state index in [1.54, 1.807) is 6.21 Å². The number of para-hydroxylation sites is 1. The average Bonchev–Trinajstić information content (AvgIpc) is 3.13. The number of benzene rings is 3. The van der Waals surface area contributed by atoms with E-state index in [0.29, 0.717) is 12.5 Å². The molecule has 7 nitrogen and oxygen atoms in total. The molecule has 0 aliphatic rings. The molecule has 0 radical (unpaired) electrons. The maximum absolute atomic E-state index is 4.73. The van der Waals surface area contributed by atoms with Crippen molar-refractivity contribution in [2.24, 2.45) is 5.10 Å². The number of hydrogen-bond acceptors (Lipinski definition) is 6. The van der Waals surface area contributed by atoms with Crippen molar-refractivity contribution in [2.45, 2.75) is 6.54 Å². The number of hydrazone groups is 1. The monoisotopic (exact) mass is 421 g/mol. The van der Waals surface area contributed by atoms with Gasteiger partial charge < -0.3 is 9.47 Å². The molecule has 0 atom stereocenters. The number of nitrogens with zero attached hydrogens (tertiary/aromatic N) is 6. The third-order valence-electron chi connectivity index (χ3n) is 5.35. The van der Waals surface area contributed by atoms with E-state index >= 15 is 0 Å². The molecule has 0 unspecified atom stereocenters. The quantitative estimate of drug-likeness (QED) is 0.322. The van der Waals surface area contributed by atoms with Crippen molar-refractivity contribution in [3.8, 4) is 0 Å². The summed E-state index contributed by atoms with van der Waals surface area (Å²) in [5.74, 6) is 0.357. The molecule has 0 fully saturated rings. The van der Waals surface area contributed by atoms with Crippen molar-refractivity contribution in [3.05, 3.63) is 90.0 Å². The highest BCUT2D eigenvalue weighted by Crippen LogP contribution is 2.27. The summed E-state index contributed by atoms with van der Waals surface area (Å²) in [4.78, 5) is 6.79. The Morgan fingerprint density at radius 2 is 1.66 bits per heavy atom. The topological polar surface area (TPSA) is 71.2 Å². The zero-order valence-corrected chi connectivity index (χ0v) is 18.0. The van der Waals surface area contributed by atoms with Crippen LogP contribution in [-0.2, 0) is 6.54 Å². The summed E-state index contributed by atoms with van der Waals surface area (Å²) in [5.41, 5.74) is 8.87. The van der Waals surface area contributed by atoms with E-state index in [1.807, 2.05) is 68.7 Å². The minimum absolute atomic E-state index is 0.357. The lowest BCUT2D eigenvalue weighted by Gasteiger charge is -2.11. The average molecular weight is 422 g/mol. The van der Waals surface area contributed by atoms with Crippen LogP contribution in [0.2, 0.25) is 0 Å². The molecule has 0 spiro atoms. The summed E-state index contributed by atoms with van der Waals surface area (Å²) in [6.45, 7) is 0.699. The van der Waals surface area contributed by atoms with Crippen molar-refractivity contribution in [2.75, 3.05) is 24.4 Å². The van der Waals surface area contributed by atoms with Gasteiger partial charge in [-0.1, -0.05) is 60.7 Å². The van der Waals surface area contributed by atoms with Crippen LogP contribution < -0.4 is 10.3 Å². The zero-order chi connectivity index (χ0) is 21.9. The molecule has 0 aliphatic heterocycles. The van der Waals surface area contributed by atoms with Gasteiger partial charge in [0.25, 0.3) is 5.95 Å². The van der Waals surface area contributed by atoms with E-state index in [2.05, 4.69) is 54.5 Å². The molecule has 3 aromatic carbocycles. The molecular weight excluding hydrogens is 398 g/mol. The number of fused-ring (bicyclic) bond motifs is 3. The Bertz CT molecular complexity index is 1390. The van der Waals surface area contributed by atoms with Gasteiger partial charge in [0.15, 0.2) is 5.65 Å². The van der Waals surface area contributed by atoms with Crippen LogP contribution in [0.15, 0.2) is 84.0 Å². The van der Waals surface area contributed by atoms with Crippen LogP contribution >= 0.6 is 0 Å². The molecular formula is C25H23N7. The molecule has 5 aromatic rings. The van der Waals surface area contributed by atoms with Gasteiger partial charge in [0, 0.05) is 31.7 Å². The predicted octanol–water partition coefficient (Wildman–Crippen LogP) is 4.54. The van der Waals surface area contributed by atoms with E-state index < -0.39 is 0 Å². The van der Waals surface area contributed by atoms with Gasteiger partial charge in [-0.25, -0.2) is 5.43 Å². The first-order chi connectivity index (χ1) is 15.7. The summed E-state index contributed by atoms with van der Waals surface area (Å²) < 4.78 is 2.17. The second-order valence-corrected chi connectivity index (χ2v) is 7.75. The van der Waals surface area contributed by atoms with Crippen molar-refractivity contribution >= 4 is 39.9 Å². The van der Waals surface area contributed by atoms with Crippen LogP contribution in [0.25, 0.3) is 22.1 Å². The molecule has 2 heterocycles. The Labute approximate surface area is 186 Å². The zero-order valence-electron chi connectivity index (χ0n) is 18.0. The van der Waals surface area contributed by atoms with Gasteiger partial charge in [-0.2, -0.15) is 10.1 Å². The summed E-state index contributed by atoms with van der Waals surface area (Å²) >= 11 is 0. The SMILES string of the molecule is CN(C)c1ccc(C=NNc2nnc3c4ccccc4n(Cc4ccccc4)c3n2)cc1. The Hall–Kier alpha value is -4.26. The fourth-order valence-electron chi connectivity index (χ4n) is 3.70. The van der Waals surface area contributed by atoms with E-state index in [-0.39, 0.29) is 0 Å². The van der Waals surface area contributed by atoms with Gasteiger partial charge in [0.2, 0.25) is 0 Å². The maximum Gasteiger partial charge on any atom is 0.265 e. The van der Waals surface area contributed by atoms with Crippen molar-refractivity contribution in [1.29, 1.82) is 0 Å². The van der Waals surface area contributed by atoms with Crippen LogP contribution in [0.1, 0.15) is 11.1 Å². The molecule has 5 rings (SSSR count). The minimum atomic E-state index is 0.357. The van der Waals surface area contributed by atoms with E-state index in [0.717, 1.165) is 33.3 Å². The highest BCUT2D eigenvalue weighted by molar-refractivity contribution is 6.04. The Morgan fingerprint density at radius 1 is 0.906 bits per heavy atom. The molecule has 2 aromatic heterocycles. The fraction of sp³-hybridized carbons (Fsp3) is 0.120. The van der Waals surface area contributed by atoms with Crippen LogP contribution in [-0.4, -0.2) is 40.1 Å². The first kappa shape index (κ1) is 19.7. The normalized spacial score (nSPS) is 11.4. The van der Waals surface area contributed by atoms with Crippen LogP contribution in [0.4, 0.5) is 11.6 Å². The highest BCUT2D eigenvalue weighted by Gasteiger charge is 2.14. The first-order valence-electron chi connectivity index (χ1n) is 10.4. The lowest BCUT2D eigenvalue weighted by atomic mass is 10.2. The van der Waals surface area contributed by atoms with Gasteiger partial charge in [0.1, 0.15) is 5.52 Å². The predicted molar refractivity (Wildman–Crippen MR) is 130 cm³/mol. The van der Waals surface area contributed by atoms with E-state index in [1.165, 1.54) is 5.56 Å². The molecule has 0 amide bonds. The van der Waals surface area contributed by atoms with Gasteiger partial charge in [0.05, 0.1) is 11.7 Å². The molecule has 0 bridgehead atoms. The Morgan fingerprint density at radius 3 is 2.44 bits per heavy atom. The van der Waals surface area contributed by atoms with Crippen molar-refractivity contribution in [3.63, 3.8) is 0 Å². The van der Waals surface area contributed by atoms with Gasteiger partial charge >= 0.3 is 0 Å². The lowest BCUT2D eigenvalue weighted by molar-refractivity contribution is 0.848. The minimum Gasteiger partial charge on any atom is -0.378 e. The summed E-state index contributed by atoms with van der Waals surface area (Å²) in [6.07, 6.45) is 1.74. The lowest BCUT2D eigenvalue weighted by Crippen LogP contribution is -2.08. The van der Waals surface area contributed by atoms with Crippen LogP contribution in [0.5, 0.6) is 0 Å². The van der Waals surface area contributed by atoms with Gasteiger partial charge in [-0.3, -0.25) is 0 Å². The van der Waals surface area contributed by atoms with Crippen molar-refractivity contribution < 1.29 is 0 Å². The standard InChI is InChI=1S/C25H23N7/c1-31(2)20-14-12-18(13-15-20)16-26-29-25-27-24-23(28-30-25)21-10-6-7-11-22(21)32(24)17-19-8-4-3-5-9-19/h3-16H,17H2,1-2H3,(H,27,29,30). The first-order valence-corrected chi connectivity index (χ1v) is 10.4. The van der Waals surface area contributed by atoms with Crippen LogP contribution in [0, 0.1) is 0 Å². The maximum atomic E-state index is 4.73. The van der Waals surface area contributed by atoms with Crippen LogP contribution in [0.3, 0.4) is 0 Å². The number of aromatic nitrogens is 4. The van der Waals surface area contributed by atoms with Crippen molar-refractivity contribution in [1.82, 2.24) is 19.7 Å². The molecule has 0 saturated heterocycles. The summed E-state index contributed by atoms with van der Waals surface area (Å²) in [5, 5.41) is 14.0. The Balaban J connectivity index is 1.46. The second-order valence-electron chi connectivity index (χ2n) is 7.75. The molecule has 0 saturated carbocycles.